The maximum absolute atomic E-state index is 13.5. The topological polar surface area (TPSA) is 69.6 Å². The van der Waals surface area contributed by atoms with Gasteiger partial charge in [-0.1, -0.05) is 6.07 Å². The van der Waals surface area contributed by atoms with E-state index in [0.29, 0.717) is 6.07 Å². The lowest BCUT2D eigenvalue weighted by Crippen LogP contribution is -2.34. The standard InChI is InChI=1S/C11H11F4NO3/c12-9-7(10(19)16-4-6(18)5-17)2-1-3-8(9)11(13,14)15/h1-3,6,17-18H,4-5H2,(H,16,19). The number of hydrogen-bond acceptors (Lipinski definition) is 3. The number of alkyl halides is 3. The summed E-state index contributed by atoms with van der Waals surface area (Å²) in [5.41, 5.74) is -2.32. The fourth-order valence-electron chi connectivity index (χ4n) is 1.30. The quantitative estimate of drug-likeness (QED) is 0.719. The second-order valence-corrected chi connectivity index (χ2v) is 3.71. The smallest absolute Gasteiger partial charge is 0.394 e. The Morgan fingerprint density at radius 1 is 1.37 bits per heavy atom. The van der Waals surface area contributed by atoms with Gasteiger partial charge in [-0.05, 0) is 12.1 Å². The molecule has 0 saturated carbocycles. The molecule has 0 aliphatic heterocycles. The number of benzene rings is 1. The molecular weight excluding hydrogens is 270 g/mol. The summed E-state index contributed by atoms with van der Waals surface area (Å²) in [6.45, 7) is -1.03. The van der Waals surface area contributed by atoms with Crippen molar-refractivity contribution in [2.75, 3.05) is 13.2 Å². The number of hydrogen-bond donors (Lipinski definition) is 3. The fourth-order valence-corrected chi connectivity index (χ4v) is 1.30. The molecule has 4 nitrogen and oxygen atoms in total. The molecule has 1 atom stereocenters. The van der Waals surface area contributed by atoms with E-state index in [1.165, 1.54) is 0 Å². The van der Waals surface area contributed by atoms with Gasteiger partial charge in [-0.2, -0.15) is 13.2 Å². The van der Waals surface area contributed by atoms with Crippen LogP contribution in [0.15, 0.2) is 18.2 Å². The second-order valence-electron chi connectivity index (χ2n) is 3.71. The number of aliphatic hydroxyl groups is 2. The van der Waals surface area contributed by atoms with Gasteiger partial charge in [-0.15, -0.1) is 0 Å². The summed E-state index contributed by atoms with van der Waals surface area (Å²) in [7, 11) is 0. The third-order valence-corrected chi connectivity index (χ3v) is 2.26. The maximum Gasteiger partial charge on any atom is 0.419 e. The van der Waals surface area contributed by atoms with Crippen molar-refractivity contribution in [1.82, 2.24) is 5.32 Å². The van der Waals surface area contributed by atoms with Crippen molar-refractivity contribution in [2.45, 2.75) is 12.3 Å². The molecule has 0 radical (unpaired) electrons. The van der Waals surface area contributed by atoms with E-state index in [9.17, 15) is 22.4 Å². The van der Waals surface area contributed by atoms with Crippen LogP contribution in [0.25, 0.3) is 0 Å². The SMILES string of the molecule is O=C(NCC(O)CO)c1cccc(C(F)(F)F)c1F. The van der Waals surface area contributed by atoms with E-state index in [1.807, 2.05) is 5.32 Å². The molecule has 0 heterocycles. The first kappa shape index (κ1) is 15.4. The Balaban J connectivity index is 2.93. The molecule has 3 N–H and O–H groups in total. The number of aliphatic hydroxyl groups excluding tert-OH is 2. The van der Waals surface area contributed by atoms with E-state index in [2.05, 4.69) is 0 Å². The molecule has 0 aliphatic carbocycles. The van der Waals surface area contributed by atoms with Crippen molar-refractivity contribution in [2.24, 2.45) is 0 Å². The summed E-state index contributed by atoms with van der Waals surface area (Å²) in [4.78, 5) is 11.5. The van der Waals surface area contributed by atoms with E-state index < -0.39 is 48.3 Å². The van der Waals surface area contributed by atoms with Gasteiger partial charge in [0, 0.05) is 6.54 Å². The zero-order valence-corrected chi connectivity index (χ0v) is 9.54. The molecule has 0 saturated heterocycles. The number of carbonyl (C=O) groups is 1. The number of amides is 1. The van der Waals surface area contributed by atoms with Gasteiger partial charge in [0.25, 0.3) is 5.91 Å². The van der Waals surface area contributed by atoms with Gasteiger partial charge in [0.05, 0.1) is 23.8 Å². The minimum absolute atomic E-state index is 0.398. The summed E-state index contributed by atoms with van der Waals surface area (Å²) in [5.74, 6) is -2.78. The van der Waals surface area contributed by atoms with Crippen LogP contribution in [0.1, 0.15) is 15.9 Å². The molecule has 106 valence electrons. The molecule has 0 aliphatic rings. The summed E-state index contributed by atoms with van der Waals surface area (Å²) in [6.07, 6.45) is -6.16. The minimum atomic E-state index is -4.90. The molecule has 0 spiro atoms. The Labute approximate surface area is 105 Å². The molecular formula is C11H11F4NO3. The number of nitrogens with one attached hydrogen (secondary N) is 1. The summed E-state index contributed by atoms with van der Waals surface area (Å²) in [6, 6.07) is 2.32. The van der Waals surface area contributed by atoms with Crippen LogP contribution in [-0.4, -0.2) is 35.4 Å². The fraction of sp³-hybridized carbons (Fsp3) is 0.364. The highest BCUT2D eigenvalue weighted by Gasteiger charge is 2.35. The molecule has 1 aromatic carbocycles. The third kappa shape index (κ3) is 3.90. The number of halogens is 4. The highest BCUT2D eigenvalue weighted by atomic mass is 19.4. The van der Waals surface area contributed by atoms with Crippen LogP contribution in [0, 0.1) is 5.82 Å². The van der Waals surface area contributed by atoms with Crippen molar-refractivity contribution in [3.63, 3.8) is 0 Å². The zero-order valence-electron chi connectivity index (χ0n) is 9.54. The Hall–Kier alpha value is -1.67. The lowest BCUT2D eigenvalue weighted by Gasteiger charge is -2.12. The Morgan fingerprint density at radius 3 is 2.53 bits per heavy atom. The van der Waals surface area contributed by atoms with Crippen molar-refractivity contribution in [3.05, 3.63) is 35.1 Å². The van der Waals surface area contributed by atoms with Crippen molar-refractivity contribution in [1.29, 1.82) is 0 Å². The minimum Gasteiger partial charge on any atom is -0.394 e. The molecule has 8 heteroatoms. The average molecular weight is 281 g/mol. The van der Waals surface area contributed by atoms with Crippen molar-refractivity contribution >= 4 is 5.91 Å². The highest BCUT2D eigenvalue weighted by Crippen LogP contribution is 2.32. The molecule has 1 rings (SSSR count). The molecule has 0 aromatic heterocycles. The summed E-state index contributed by atoms with van der Waals surface area (Å²) in [5, 5.41) is 19.5. The van der Waals surface area contributed by atoms with Crippen molar-refractivity contribution in [3.8, 4) is 0 Å². The van der Waals surface area contributed by atoms with Crippen LogP contribution in [-0.2, 0) is 6.18 Å². The zero-order chi connectivity index (χ0) is 14.6. The van der Waals surface area contributed by atoms with Gasteiger partial charge in [0.15, 0.2) is 0 Å². The third-order valence-electron chi connectivity index (χ3n) is 2.26. The first-order valence-corrected chi connectivity index (χ1v) is 5.20. The Kier molecular flexibility index (Phi) is 4.84. The average Bonchev–Trinajstić information content (AvgIpc) is 2.34. The van der Waals surface area contributed by atoms with Crippen LogP contribution in [0.4, 0.5) is 17.6 Å². The molecule has 1 aromatic rings. The Bertz CT molecular complexity index is 462. The van der Waals surface area contributed by atoms with Gasteiger partial charge in [-0.25, -0.2) is 4.39 Å². The van der Waals surface area contributed by atoms with Crippen LogP contribution >= 0.6 is 0 Å². The van der Waals surface area contributed by atoms with Gasteiger partial charge in [-0.3, -0.25) is 4.79 Å². The highest BCUT2D eigenvalue weighted by molar-refractivity contribution is 5.94. The van der Waals surface area contributed by atoms with Gasteiger partial charge in [0.1, 0.15) is 5.82 Å². The molecule has 1 unspecified atom stereocenters. The lowest BCUT2D eigenvalue weighted by molar-refractivity contribution is -0.140. The first-order chi connectivity index (χ1) is 8.77. The number of carbonyl (C=O) groups excluding carboxylic acids is 1. The van der Waals surface area contributed by atoms with Gasteiger partial charge in [0.2, 0.25) is 0 Å². The number of rotatable bonds is 4. The molecule has 1 amide bonds. The molecule has 0 bridgehead atoms. The normalized spacial score (nSPS) is 13.2. The summed E-state index contributed by atoms with van der Waals surface area (Å²) >= 11 is 0. The van der Waals surface area contributed by atoms with Gasteiger partial charge < -0.3 is 15.5 Å². The monoisotopic (exact) mass is 281 g/mol. The van der Waals surface area contributed by atoms with Gasteiger partial charge >= 0.3 is 6.18 Å². The van der Waals surface area contributed by atoms with Crippen LogP contribution in [0.5, 0.6) is 0 Å². The van der Waals surface area contributed by atoms with Crippen molar-refractivity contribution < 1.29 is 32.6 Å². The van der Waals surface area contributed by atoms with Crippen LogP contribution < -0.4 is 5.32 Å². The predicted octanol–water partition coefficient (Wildman–Crippen LogP) is 0.927. The van der Waals surface area contributed by atoms with Crippen LogP contribution in [0.2, 0.25) is 0 Å². The van der Waals surface area contributed by atoms with Crippen LogP contribution in [0.3, 0.4) is 0 Å². The molecule has 0 fully saturated rings. The maximum atomic E-state index is 13.5. The largest absolute Gasteiger partial charge is 0.419 e. The van der Waals surface area contributed by atoms with E-state index in [-0.39, 0.29) is 0 Å². The molecule has 19 heavy (non-hydrogen) atoms. The van der Waals surface area contributed by atoms with E-state index in [1.54, 1.807) is 0 Å². The predicted molar refractivity (Wildman–Crippen MR) is 56.8 cm³/mol. The van der Waals surface area contributed by atoms with E-state index >= 15 is 0 Å². The summed E-state index contributed by atoms with van der Waals surface area (Å²) < 4.78 is 50.8. The van der Waals surface area contributed by atoms with E-state index in [0.717, 1.165) is 12.1 Å². The lowest BCUT2D eigenvalue weighted by atomic mass is 10.1. The first-order valence-electron chi connectivity index (χ1n) is 5.20. The van der Waals surface area contributed by atoms with E-state index in [4.69, 9.17) is 10.2 Å². The Morgan fingerprint density at radius 2 is 2.00 bits per heavy atom. The second kappa shape index (κ2) is 5.98.